The summed E-state index contributed by atoms with van der Waals surface area (Å²) in [6, 6.07) is 10.0. The number of carbonyl (C=O) groups is 1. The van der Waals surface area contributed by atoms with E-state index in [4.69, 9.17) is 0 Å². The zero-order chi connectivity index (χ0) is 23.8. The van der Waals surface area contributed by atoms with Crippen molar-refractivity contribution in [3.63, 3.8) is 0 Å². The number of rotatable bonds is 5. The Morgan fingerprint density at radius 1 is 0.909 bits per heavy atom. The van der Waals surface area contributed by atoms with Crippen LogP contribution >= 0.6 is 0 Å². The summed E-state index contributed by atoms with van der Waals surface area (Å²) in [6.07, 6.45) is 3.41. The monoisotopic (exact) mass is 469 g/mol. The van der Waals surface area contributed by atoms with E-state index in [1.54, 1.807) is 4.31 Å². The van der Waals surface area contributed by atoms with Gasteiger partial charge >= 0.3 is 0 Å². The van der Waals surface area contributed by atoms with Crippen molar-refractivity contribution in [1.29, 1.82) is 0 Å². The zero-order valence-electron chi connectivity index (χ0n) is 20.1. The molecule has 0 atom stereocenters. The molecule has 0 radical (unpaired) electrons. The topological polar surface area (TPSA) is 69.7 Å². The van der Waals surface area contributed by atoms with Crippen LogP contribution in [0, 0.1) is 33.6 Å². The lowest BCUT2D eigenvalue weighted by Gasteiger charge is -2.32. The Balaban J connectivity index is 1.45. The summed E-state index contributed by atoms with van der Waals surface area (Å²) in [5.74, 6) is -0.207. The lowest BCUT2D eigenvalue weighted by molar-refractivity contribution is -0.120. The van der Waals surface area contributed by atoms with Gasteiger partial charge < -0.3 is 10.2 Å². The van der Waals surface area contributed by atoms with Crippen molar-refractivity contribution in [1.82, 2.24) is 4.31 Å². The Morgan fingerprint density at radius 2 is 1.48 bits per heavy atom. The van der Waals surface area contributed by atoms with Crippen LogP contribution < -0.4 is 10.2 Å². The standard InChI is InChI=1S/C26H35N3O3S/c1-18-17-19(2)21(4)25(20(18)3)33(31,32)29-15-11-22(12-16-29)26(30)27-23-9-5-6-10-24(23)28-13-7-8-14-28/h5-6,9-10,17,22H,7-8,11-16H2,1-4H3,(H,27,30). The molecule has 33 heavy (non-hydrogen) atoms. The van der Waals surface area contributed by atoms with Crippen molar-refractivity contribution in [3.05, 3.63) is 52.6 Å². The minimum atomic E-state index is -3.60. The maximum absolute atomic E-state index is 13.5. The third-order valence-electron chi connectivity index (χ3n) is 7.33. The maximum atomic E-state index is 13.5. The molecule has 178 valence electrons. The van der Waals surface area contributed by atoms with Crippen LogP contribution in [0.5, 0.6) is 0 Å². The molecule has 2 heterocycles. The number of amides is 1. The number of carbonyl (C=O) groups excluding carboxylic acids is 1. The first-order chi connectivity index (χ1) is 15.7. The van der Waals surface area contributed by atoms with Gasteiger partial charge in [-0.15, -0.1) is 0 Å². The number of nitrogens with zero attached hydrogens (tertiary/aromatic N) is 2. The number of hydrogen-bond donors (Lipinski definition) is 1. The van der Waals surface area contributed by atoms with Crippen LogP contribution in [-0.2, 0) is 14.8 Å². The molecule has 4 rings (SSSR count). The van der Waals surface area contributed by atoms with Gasteiger partial charge in [0, 0.05) is 32.1 Å². The quantitative estimate of drug-likeness (QED) is 0.697. The molecule has 0 unspecified atom stereocenters. The van der Waals surface area contributed by atoms with E-state index in [1.807, 2.05) is 52.0 Å². The molecule has 0 aromatic heterocycles. The highest BCUT2D eigenvalue weighted by Gasteiger charge is 2.34. The summed E-state index contributed by atoms with van der Waals surface area (Å²) in [4.78, 5) is 15.8. The van der Waals surface area contributed by atoms with Gasteiger partial charge in [-0.2, -0.15) is 4.31 Å². The molecule has 0 saturated carbocycles. The number of benzene rings is 2. The molecule has 2 aliphatic heterocycles. The van der Waals surface area contributed by atoms with E-state index in [0.717, 1.165) is 46.7 Å². The van der Waals surface area contributed by atoms with Gasteiger partial charge in [-0.25, -0.2) is 8.42 Å². The van der Waals surface area contributed by atoms with E-state index in [9.17, 15) is 13.2 Å². The maximum Gasteiger partial charge on any atom is 0.243 e. The molecule has 0 spiro atoms. The van der Waals surface area contributed by atoms with Crippen molar-refractivity contribution >= 4 is 27.3 Å². The largest absolute Gasteiger partial charge is 0.370 e. The number of nitrogens with one attached hydrogen (secondary N) is 1. The van der Waals surface area contributed by atoms with Crippen LogP contribution in [0.1, 0.15) is 47.9 Å². The van der Waals surface area contributed by atoms with E-state index >= 15 is 0 Å². The molecule has 2 aromatic rings. The van der Waals surface area contributed by atoms with Crippen LogP contribution in [0.4, 0.5) is 11.4 Å². The predicted molar refractivity (Wildman–Crippen MR) is 133 cm³/mol. The normalized spacial score (nSPS) is 18.0. The highest BCUT2D eigenvalue weighted by Crippen LogP contribution is 2.33. The second-order valence-electron chi connectivity index (χ2n) is 9.47. The van der Waals surface area contributed by atoms with Gasteiger partial charge in [0.1, 0.15) is 0 Å². The summed E-state index contributed by atoms with van der Waals surface area (Å²) in [5.41, 5.74) is 5.53. The highest BCUT2D eigenvalue weighted by molar-refractivity contribution is 7.89. The summed E-state index contributed by atoms with van der Waals surface area (Å²) in [7, 11) is -3.60. The number of anilines is 2. The number of aryl methyl sites for hydroxylation is 2. The number of para-hydroxylation sites is 2. The van der Waals surface area contributed by atoms with Gasteiger partial charge in [-0.1, -0.05) is 18.2 Å². The van der Waals surface area contributed by atoms with Gasteiger partial charge in [0.15, 0.2) is 0 Å². The Hall–Kier alpha value is -2.38. The van der Waals surface area contributed by atoms with Crippen LogP contribution in [0.2, 0.25) is 0 Å². The molecule has 2 saturated heterocycles. The Bertz CT molecular complexity index is 1120. The minimum Gasteiger partial charge on any atom is -0.370 e. The minimum absolute atomic E-state index is 0.0162. The molecule has 2 fully saturated rings. The third-order valence-corrected chi connectivity index (χ3v) is 9.50. The second-order valence-corrected chi connectivity index (χ2v) is 11.3. The van der Waals surface area contributed by atoms with E-state index in [2.05, 4.69) is 16.3 Å². The molecule has 7 heteroatoms. The number of sulfonamides is 1. The fourth-order valence-corrected chi connectivity index (χ4v) is 7.15. The predicted octanol–water partition coefficient (Wildman–Crippen LogP) is 4.56. The van der Waals surface area contributed by atoms with Crippen molar-refractivity contribution in [3.8, 4) is 0 Å². The van der Waals surface area contributed by atoms with Crippen LogP contribution in [0.15, 0.2) is 35.2 Å². The van der Waals surface area contributed by atoms with Gasteiger partial charge in [0.05, 0.1) is 16.3 Å². The second kappa shape index (κ2) is 9.47. The van der Waals surface area contributed by atoms with Crippen molar-refractivity contribution in [2.24, 2.45) is 5.92 Å². The lowest BCUT2D eigenvalue weighted by atomic mass is 9.97. The summed E-state index contributed by atoms with van der Waals surface area (Å²) >= 11 is 0. The fraction of sp³-hybridized carbons (Fsp3) is 0.500. The van der Waals surface area contributed by atoms with Gasteiger partial charge in [0.2, 0.25) is 15.9 Å². The van der Waals surface area contributed by atoms with Crippen LogP contribution in [0.3, 0.4) is 0 Å². The SMILES string of the molecule is Cc1cc(C)c(C)c(S(=O)(=O)N2CCC(C(=O)Nc3ccccc3N3CCCC3)CC2)c1C. The first-order valence-corrected chi connectivity index (χ1v) is 13.4. The molecular weight excluding hydrogens is 434 g/mol. The molecule has 1 amide bonds. The number of piperidine rings is 1. The zero-order valence-corrected chi connectivity index (χ0v) is 21.0. The highest BCUT2D eigenvalue weighted by atomic mass is 32.2. The van der Waals surface area contributed by atoms with E-state index in [1.165, 1.54) is 12.8 Å². The van der Waals surface area contributed by atoms with E-state index in [-0.39, 0.29) is 11.8 Å². The molecule has 1 N–H and O–H groups in total. The Kier molecular flexibility index (Phi) is 6.82. The molecule has 0 aliphatic carbocycles. The number of hydrogen-bond acceptors (Lipinski definition) is 4. The smallest absolute Gasteiger partial charge is 0.243 e. The first kappa shape index (κ1) is 23.8. The lowest BCUT2D eigenvalue weighted by Crippen LogP contribution is -2.42. The first-order valence-electron chi connectivity index (χ1n) is 11.9. The molecule has 2 aromatic carbocycles. The van der Waals surface area contributed by atoms with Crippen LogP contribution in [0.25, 0.3) is 0 Å². The van der Waals surface area contributed by atoms with Gasteiger partial charge in [0.25, 0.3) is 0 Å². The average Bonchev–Trinajstić information content (AvgIpc) is 3.33. The molecule has 6 nitrogen and oxygen atoms in total. The fourth-order valence-electron chi connectivity index (χ4n) is 5.10. The molecule has 2 aliphatic rings. The Labute approximate surface area is 198 Å². The molecular formula is C26H35N3O3S. The van der Waals surface area contributed by atoms with Gasteiger partial charge in [-0.05, 0) is 87.8 Å². The van der Waals surface area contributed by atoms with Crippen molar-refractivity contribution < 1.29 is 13.2 Å². The molecule has 0 bridgehead atoms. The average molecular weight is 470 g/mol. The van der Waals surface area contributed by atoms with Crippen molar-refractivity contribution in [2.45, 2.75) is 58.3 Å². The summed E-state index contributed by atoms with van der Waals surface area (Å²) in [6.45, 7) is 10.4. The summed E-state index contributed by atoms with van der Waals surface area (Å²) in [5, 5.41) is 3.13. The summed E-state index contributed by atoms with van der Waals surface area (Å²) < 4.78 is 28.6. The van der Waals surface area contributed by atoms with E-state index in [0.29, 0.717) is 30.8 Å². The van der Waals surface area contributed by atoms with Crippen molar-refractivity contribution in [2.75, 3.05) is 36.4 Å². The van der Waals surface area contributed by atoms with Crippen LogP contribution in [-0.4, -0.2) is 44.8 Å². The van der Waals surface area contributed by atoms with Gasteiger partial charge in [-0.3, -0.25) is 4.79 Å². The van der Waals surface area contributed by atoms with E-state index < -0.39 is 10.0 Å². The Morgan fingerprint density at radius 3 is 2.09 bits per heavy atom. The third kappa shape index (κ3) is 4.66.